The molecule has 0 saturated heterocycles. The van der Waals surface area contributed by atoms with E-state index in [-0.39, 0.29) is 0 Å². The lowest BCUT2D eigenvalue weighted by Crippen LogP contribution is -2.34. The minimum atomic E-state index is -0.701. The molecular weight excluding hydrogens is 300 g/mol. The molecule has 0 unspecified atom stereocenters. The number of rotatable bonds is 4. The Morgan fingerprint density at radius 3 is 2.09 bits per heavy atom. The molecule has 2 N–H and O–H groups in total. The highest BCUT2D eigenvalue weighted by atomic mass is 35.5. The highest BCUT2D eigenvalue weighted by molar-refractivity contribution is 6.39. The van der Waals surface area contributed by atoms with Crippen LogP contribution in [0.4, 0.5) is 5.69 Å². The van der Waals surface area contributed by atoms with Crippen LogP contribution < -0.4 is 10.6 Å². The van der Waals surface area contributed by atoms with Gasteiger partial charge in [0.15, 0.2) is 0 Å². The van der Waals surface area contributed by atoms with Gasteiger partial charge in [0.05, 0.1) is 0 Å². The van der Waals surface area contributed by atoms with E-state index in [9.17, 15) is 9.59 Å². The molecule has 0 aromatic heterocycles. The molecule has 0 aliphatic carbocycles. The van der Waals surface area contributed by atoms with E-state index in [2.05, 4.69) is 17.6 Å². The molecule has 4 nitrogen and oxygen atoms in total. The molecule has 0 aliphatic heterocycles. The van der Waals surface area contributed by atoms with Crippen LogP contribution in [0.1, 0.15) is 18.1 Å². The number of hydrogen-bond donors (Lipinski definition) is 2. The van der Waals surface area contributed by atoms with E-state index < -0.39 is 11.8 Å². The average Bonchev–Trinajstić information content (AvgIpc) is 2.55. The van der Waals surface area contributed by atoms with Crippen LogP contribution in [0.3, 0.4) is 0 Å². The molecule has 2 amide bonds. The molecule has 0 fully saturated rings. The summed E-state index contributed by atoms with van der Waals surface area (Å²) in [6.07, 6.45) is 0.968. The van der Waals surface area contributed by atoms with Crippen molar-refractivity contribution in [3.63, 3.8) is 0 Å². The summed E-state index contributed by atoms with van der Waals surface area (Å²) < 4.78 is 0. The molecule has 22 heavy (non-hydrogen) atoms. The number of carbonyl (C=O) groups excluding carboxylic acids is 2. The molecule has 2 rings (SSSR count). The number of amides is 2. The van der Waals surface area contributed by atoms with Gasteiger partial charge < -0.3 is 10.6 Å². The zero-order chi connectivity index (χ0) is 15.9. The zero-order valence-electron chi connectivity index (χ0n) is 12.2. The quantitative estimate of drug-likeness (QED) is 0.851. The van der Waals surface area contributed by atoms with Crippen molar-refractivity contribution >= 4 is 29.1 Å². The second-order valence-corrected chi connectivity index (χ2v) is 5.25. The van der Waals surface area contributed by atoms with Gasteiger partial charge in [0.25, 0.3) is 0 Å². The molecule has 0 heterocycles. The largest absolute Gasteiger partial charge is 0.344 e. The average molecular weight is 317 g/mol. The Bertz CT molecular complexity index is 651. The van der Waals surface area contributed by atoms with E-state index in [1.807, 2.05) is 24.3 Å². The Labute approximate surface area is 134 Å². The first-order chi connectivity index (χ1) is 10.6. The normalized spacial score (nSPS) is 10.1. The molecular formula is C17H17ClN2O2. The van der Waals surface area contributed by atoms with Gasteiger partial charge in [-0.1, -0.05) is 42.8 Å². The Hall–Kier alpha value is -2.33. The van der Waals surface area contributed by atoms with Crippen molar-refractivity contribution in [3.8, 4) is 0 Å². The lowest BCUT2D eigenvalue weighted by molar-refractivity contribution is -0.136. The number of carbonyl (C=O) groups is 2. The molecule has 0 saturated carbocycles. The van der Waals surface area contributed by atoms with Crippen LogP contribution in [0.15, 0.2) is 48.5 Å². The number of halogens is 1. The van der Waals surface area contributed by atoms with Gasteiger partial charge in [-0.25, -0.2) is 0 Å². The number of benzene rings is 2. The summed E-state index contributed by atoms with van der Waals surface area (Å²) in [6, 6.07) is 14.5. The molecule has 0 atom stereocenters. The Balaban J connectivity index is 1.85. The highest BCUT2D eigenvalue weighted by Gasteiger charge is 2.13. The summed E-state index contributed by atoms with van der Waals surface area (Å²) in [6.45, 7) is 2.40. The second kappa shape index (κ2) is 7.61. The van der Waals surface area contributed by atoms with Crippen molar-refractivity contribution < 1.29 is 9.59 Å². The fraction of sp³-hybridized carbons (Fsp3) is 0.176. The van der Waals surface area contributed by atoms with E-state index in [1.54, 1.807) is 24.3 Å². The van der Waals surface area contributed by atoms with Crippen LogP contribution in [-0.2, 0) is 22.6 Å². The first kappa shape index (κ1) is 16.0. The van der Waals surface area contributed by atoms with Gasteiger partial charge in [-0.05, 0) is 41.8 Å². The monoisotopic (exact) mass is 316 g/mol. The molecule has 0 bridgehead atoms. The standard InChI is InChI=1S/C17H17ClN2O2/c1-2-12-3-5-13(6-4-12)11-19-16(21)17(22)20-15-9-7-14(18)8-10-15/h3-10H,2,11H2,1H3,(H,19,21)(H,20,22). The maximum absolute atomic E-state index is 11.8. The van der Waals surface area contributed by atoms with Crippen LogP contribution in [0.5, 0.6) is 0 Å². The van der Waals surface area contributed by atoms with Crippen molar-refractivity contribution in [2.45, 2.75) is 19.9 Å². The first-order valence-electron chi connectivity index (χ1n) is 7.01. The third kappa shape index (κ3) is 4.60. The van der Waals surface area contributed by atoms with Crippen molar-refractivity contribution in [2.75, 3.05) is 5.32 Å². The van der Waals surface area contributed by atoms with Gasteiger partial charge in [-0.3, -0.25) is 9.59 Å². The summed E-state index contributed by atoms with van der Waals surface area (Å²) in [4.78, 5) is 23.5. The summed E-state index contributed by atoms with van der Waals surface area (Å²) >= 11 is 5.76. The lowest BCUT2D eigenvalue weighted by Gasteiger charge is -2.07. The molecule has 5 heteroatoms. The van der Waals surface area contributed by atoms with Crippen molar-refractivity contribution in [2.24, 2.45) is 0 Å². The van der Waals surface area contributed by atoms with Gasteiger partial charge in [0, 0.05) is 17.3 Å². The summed E-state index contributed by atoms with van der Waals surface area (Å²) in [5.41, 5.74) is 2.71. The SMILES string of the molecule is CCc1ccc(CNC(=O)C(=O)Nc2ccc(Cl)cc2)cc1. The molecule has 2 aromatic rings. The number of nitrogens with one attached hydrogen (secondary N) is 2. The van der Waals surface area contributed by atoms with Crippen LogP contribution in [-0.4, -0.2) is 11.8 Å². The van der Waals surface area contributed by atoms with E-state index >= 15 is 0 Å². The van der Waals surface area contributed by atoms with Gasteiger partial charge in [0.2, 0.25) is 0 Å². The minimum absolute atomic E-state index is 0.316. The molecule has 0 spiro atoms. The number of anilines is 1. The molecule has 0 radical (unpaired) electrons. The topological polar surface area (TPSA) is 58.2 Å². The number of hydrogen-bond acceptors (Lipinski definition) is 2. The van der Waals surface area contributed by atoms with Gasteiger partial charge in [-0.2, -0.15) is 0 Å². The lowest BCUT2D eigenvalue weighted by atomic mass is 10.1. The van der Waals surface area contributed by atoms with E-state index in [0.717, 1.165) is 12.0 Å². The van der Waals surface area contributed by atoms with Crippen LogP contribution >= 0.6 is 11.6 Å². The fourth-order valence-electron chi connectivity index (χ4n) is 1.88. The van der Waals surface area contributed by atoms with Crippen molar-refractivity contribution in [1.29, 1.82) is 0 Å². The second-order valence-electron chi connectivity index (χ2n) is 4.81. The molecule has 0 aliphatic rings. The maximum atomic E-state index is 11.8. The summed E-state index contributed by atoms with van der Waals surface area (Å²) in [5.74, 6) is -1.37. The summed E-state index contributed by atoms with van der Waals surface area (Å²) in [5, 5.41) is 5.67. The van der Waals surface area contributed by atoms with E-state index in [4.69, 9.17) is 11.6 Å². The predicted octanol–water partition coefficient (Wildman–Crippen LogP) is 3.16. The first-order valence-corrected chi connectivity index (χ1v) is 7.39. The number of aryl methyl sites for hydroxylation is 1. The van der Waals surface area contributed by atoms with Crippen LogP contribution in [0, 0.1) is 0 Å². The predicted molar refractivity (Wildman–Crippen MR) is 87.7 cm³/mol. The molecule has 114 valence electrons. The Morgan fingerprint density at radius 2 is 1.50 bits per heavy atom. The zero-order valence-corrected chi connectivity index (χ0v) is 13.0. The molecule has 2 aromatic carbocycles. The van der Waals surface area contributed by atoms with Crippen LogP contribution in [0.25, 0.3) is 0 Å². The van der Waals surface area contributed by atoms with E-state index in [1.165, 1.54) is 5.56 Å². The van der Waals surface area contributed by atoms with Crippen LogP contribution in [0.2, 0.25) is 5.02 Å². The van der Waals surface area contributed by atoms with Gasteiger partial charge in [-0.15, -0.1) is 0 Å². The Kier molecular flexibility index (Phi) is 5.55. The summed E-state index contributed by atoms with van der Waals surface area (Å²) in [7, 11) is 0. The fourth-order valence-corrected chi connectivity index (χ4v) is 2.00. The maximum Gasteiger partial charge on any atom is 0.313 e. The van der Waals surface area contributed by atoms with Crippen molar-refractivity contribution in [1.82, 2.24) is 5.32 Å². The minimum Gasteiger partial charge on any atom is -0.344 e. The Morgan fingerprint density at radius 1 is 0.909 bits per heavy atom. The highest BCUT2D eigenvalue weighted by Crippen LogP contribution is 2.13. The third-order valence-electron chi connectivity index (χ3n) is 3.19. The smallest absolute Gasteiger partial charge is 0.313 e. The third-order valence-corrected chi connectivity index (χ3v) is 3.44. The van der Waals surface area contributed by atoms with Crippen molar-refractivity contribution in [3.05, 3.63) is 64.7 Å². The van der Waals surface area contributed by atoms with E-state index in [0.29, 0.717) is 17.3 Å². The van der Waals surface area contributed by atoms with Gasteiger partial charge in [0.1, 0.15) is 0 Å². The van der Waals surface area contributed by atoms with Gasteiger partial charge >= 0.3 is 11.8 Å².